The van der Waals surface area contributed by atoms with Crippen LogP contribution in [-0.4, -0.2) is 42.0 Å². The average molecular weight is 299 g/mol. The lowest BCUT2D eigenvalue weighted by molar-refractivity contribution is -0.159. The molecule has 1 amide bonds. The average Bonchev–Trinajstić information content (AvgIpc) is 2.63. The minimum atomic E-state index is -2.15. The van der Waals surface area contributed by atoms with Crippen molar-refractivity contribution in [2.45, 2.75) is 12.5 Å². The SMILES string of the molecule is COC(=O)C(C)(O)CN1C(=O)C(=O)c2cc(F)cc(F)c21. The van der Waals surface area contributed by atoms with E-state index < -0.39 is 52.7 Å². The first-order chi connectivity index (χ1) is 9.69. The maximum atomic E-state index is 13.8. The first-order valence-electron chi connectivity index (χ1n) is 5.85. The third-order valence-corrected chi connectivity index (χ3v) is 3.07. The fourth-order valence-corrected chi connectivity index (χ4v) is 2.10. The minimum absolute atomic E-state index is 0.446. The van der Waals surface area contributed by atoms with Crippen molar-refractivity contribution in [1.82, 2.24) is 0 Å². The molecule has 21 heavy (non-hydrogen) atoms. The van der Waals surface area contributed by atoms with Crippen LogP contribution < -0.4 is 4.90 Å². The molecule has 0 fully saturated rings. The van der Waals surface area contributed by atoms with E-state index in [1.165, 1.54) is 0 Å². The number of rotatable bonds is 3. The van der Waals surface area contributed by atoms with Gasteiger partial charge in [-0.15, -0.1) is 0 Å². The van der Waals surface area contributed by atoms with Crippen LogP contribution in [0.4, 0.5) is 14.5 Å². The lowest BCUT2D eigenvalue weighted by atomic mass is 10.1. The molecule has 0 spiro atoms. The molecule has 0 radical (unpaired) electrons. The summed E-state index contributed by atoms with van der Waals surface area (Å²) in [6, 6.07) is 1.23. The number of nitrogens with zero attached hydrogens (tertiary/aromatic N) is 1. The summed E-state index contributed by atoms with van der Waals surface area (Å²) in [5, 5.41) is 9.94. The summed E-state index contributed by atoms with van der Waals surface area (Å²) in [6.45, 7) is 0.357. The van der Waals surface area contributed by atoms with Gasteiger partial charge in [-0.3, -0.25) is 14.5 Å². The summed E-state index contributed by atoms with van der Waals surface area (Å²) in [4.78, 5) is 35.6. The Kier molecular flexibility index (Phi) is 3.50. The highest BCUT2D eigenvalue weighted by Crippen LogP contribution is 2.33. The summed E-state index contributed by atoms with van der Waals surface area (Å²) in [5.74, 6) is -5.46. The molecule has 1 aromatic carbocycles. The lowest BCUT2D eigenvalue weighted by Crippen LogP contribution is -2.49. The number of carbonyl (C=O) groups is 3. The monoisotopic (exact) mass is 299 g/mol. The number of halogens is 2. The molecule has 2 rings (SSSR count). The molecular weight excluding hydrogens is 288 g/mol. The van der Waals surface area contributed by atoms with Crippen molar-refractivity contribution in [1.29, 1.82) is 0 Å². The zero-order chi connectivity index (χ0) is 15.9. The molecule has 1 aliphatic heterocycles. The molecule has 1 heterocycles. The van der Waals surface area contributed by atoms with Gasteiger partial charge in [0.05, 0.1) is 24.9 Å². The van der Waals surface area contributed by atoms with Gasteiger partial charge in [-0.25, -0.2) is 13.6 Å². The predicted molar refractivity (Wildman–Crippen MR) is 65.7 cm³/mol. The maximum absolute atomic E-state index is 13.8. The van der Waals surface area contributed by atoms with Crippen molar-refractivity contribution in [2.24, 2.45) is 0 Å². The van der Waals surface area contributed by atoms with Crippen LogP contribution in [0.2, 0.25) is 0 Å². The second-order valence-corrected chi connectivity index (χ2v) is 4.77. The van der Waals surface area contributed by atoms with E-state index in [9.17, 15) is 28.3 Å². The van der Waals surface area contributed by atoms with Crippen molar-refractivity contribution < 1.29 is 33.0 Å². The van der Waals surface area contributed by atoms with Crippen LogP contribution in [0.1, 0.15) is 17.3 Å². The van der Waals surface area contributed by atoms with Gasteiger partial charge in [0.15, 0.2) is 11.4 Å². The number of ether oxygens (including phenoxy) is 1. The molecule has 0 bridgehead atoms. The topological polar surface area (TPSA) is 83.9 Å². The van der Waals surface area contributed by atoms with Crippen LogP contribution in [0.25, 0.3) is 0 Å². The van der Waals surface area contributed by atoms with Crippen LogP contribution in [0.5, 0.6) is 0 Å². The molecule has 8 heteroatoms. The van der Waals surface area contributed by atoms with Gasteiger partial charge in [-0.1, -0.05) is 0 Å². The molecule has 1 aliphatic rings. The molecular formula is C13H11F2NO5. The van der Waals surface area contributed by atoms with E-state index >= 15 is 0 Å². The second-order valence-electron chi connectivity index (χ2n) is 4.77. The Labute approximate surface area is 117 Å². The number of amides is 1. The van der Waals surface area contributed by atoms with Crippen molar-refractivity contribution in [3.8, 4) is 0 Å². The number of Topliss-reactive ketones (excluding diaryl/α,β-unsaturated/α-hetero) is 1. The van der Waals surface area contributed by atoms with E-state index in [0.29, 0.717) is 11.0 Å². The van der Waals surface area contributed by atoms with E-state index in [4.69, 9.17) is 0 Å². The number of aliphatic hydroxyl groups is 1. The number of benzene rings is 1. The van der Waals surface area contributed by atoms with Gasteiger partial charge in [-0.05, 0) is 13.0 Å². The highest BCUT2D eigenvalue weighted by molar-refractivity contribution is 6.52. The number of β-amino-alcohol motifs (C(OH)–C–C–N with tert-alkyl or cyclic N) is 1. The van der Waals surface area contributed by atoms with Gasteiger partial charge in [0.1, 0.15) is 5.82 Å². The Hall–Kier alpha value is -2.35. The summed E-state index contributed by atoms with van der Waals surface area (Å²) >= 11 is 0. The van der Waals surface area contributed by atoms with Crippen LogP contribution in [0.3, 0.4) is 0 Å². The van der Waals surface area contributed by atoms with Crippen molar-refractivity contribution in [2.75, 3.05) is 18.6 Å². The molecule has 1 atom stereocenters. The Morgan fingerprint density at radius 2 is 2.00 bits per heavy atom. The number of methoxy groups -OCH3 is 1. The predicted octanol–water partition coefficient (Wildman–Crippen LogP) is 0.418. The quantitative estimate of drug-likeness (QED) is 0.646. The summed E-state index contributed by atoms with van der Waals surface area (Å²) < 4.78 is 31.3. The molecule has 0 aromatic heterocycles. The molecule has 1 aromatic rings. The molecule has 0 saturated carbocycles. The maximum Gasteiger partial charge on any atom is 0.339 e. The van der Waals surface area contributed by atoms with Crippen molar-refractivity contribution in [3.63, 3.8) is 0 Å². The molecule has 1 N–H and O–H groups in total. The number of carbonyl (C=O) groups excluding carboxylic acids is 3. The highest BCUT2D eigenvalue weighted by Gasteiger charge is 2.44. The molecule has 0 saturated heterocycles. The molecule has 6 nitrogen and oxygen atoms in total. The van der Waals surface area contributed by atoms with Gasteiger partial charge >= 0.3 is 5.97 Å². The second kappa shape index (κ2) is 4.88. The Balaban J connectivity index is 2.47. The van der Waals surface area contributed by atoms with Gasteiger partial charge in [0.2, 0.25) is 0 Å². The van der Waals surface area contributed by atoms with Crippen LogP contribution >= 0.6 is 0 Å². The standard InChI is InChI=1S/C13H11F2NO5/c1-13(20,12(19)21-2)5-16-9-7(10(17)11(16)18)3-6(14)4-8(9)15/h3-4,20H,5H2,1-2H3. The zero-order valence-electron chi connectivity index (χ0n) is 11.1. The van der Waals surface area contributed by atoms with E-state index in [0.717, 1.165) is 20.1 Å². The van der Waals surface area contributed by atoms with Gasteiger partial charge in [-0.2, -0.15) is 0 Å². The normalized spacial score (nSPS) is 16.7. The van der Waals surface area contributed by atoms with Crippen molar-refractivity contribution >= 4 is 23.3 Å². The number of hydrogen-bond donors (Lipinski definition) is 1. The number of ketones is 1. The number of fused-ring (bicyclic) bond motifs is 1. The Morgan fingerprint density at radius 1 is 1.38 bits per heavy atom. The smallest absolute Gasteiger partial charge is 0.339 e. The fraction of sp³-hybridized carbons (Fsp3) is 0.308. The van der Waals surface area contributed by atoms with Gasteiger partial charge < -0.3 is 9.84 Å². The van der Waals surface area contributed by atoms with Gasteiger partial charge in [0, 0.05) is 6.07 Å². The van der Waals surface area contributed by atoms with Crippen LogP contribution in [0.15, 0.2) is 12.1 Å². The van der Waals surface area contributed by atoms with Crippen LogP contribution in [0, 0.1) is 11.6 Å². The van der Waals surface area contributed by atoms with Crippen LogP contribution in [-0.2, 0) is 14.3 Å². The number of anilines is 1. The lowest BCUT2D eigenvalue weighted by Gasteiger charge is -2.26. The zero-order valence-corrected chi connectivity index (χ0v) is 11.1. The first kappa shape index (κ1) is 15.0. The third kappa shape index (κ3) is 2.38. The van der Waals surface area contributed by atoms with Crippen molar-refractivity contribution in [3.05, 3.63) is 29.3 Å². The van der Waals surface area contributed by atoms with E-state index in [1.54, 1.807) is 0 Å². The summed E-state index contributed by atoms with van der Waals surface area (Å²) in [5.41, 5.74) is -3.05. The third-order valence-electron chi connectivity index (χ3n) is 3.07. The summed E-state index contributed by atoms with van der Waals surface area (Å²) in [6.07, 6.45) is 0. The Bertz CT molecular complexity index is 656. The van der Waals surface area contributed by atoms with E-state index in [2.05, 4.69) is 4.74 Å². The molecule has 1 unspecified atom stereocenters. The number of hydrogen-bond acceptors (Lipinski definition) is 5. The molecule has 112 valence electrons. The minimum Gasteiger partial charge on any atom is -0.467 e. The Morgan fingerprint density at radius 3 is 2.57 bits per heavy atom. The van der Waals surface area contributed by atoms with Gasteiger partial charge in [0.25, 0.3) is 11.7 Å². The number of esters is 1. The molecule has 0 aliphatic carbocycles. The highest BCUT2D eigenvalue weighted by atomic mass is 19.1. The summed E-state index contributed by atoms with van der Waals surface area (Å²) in [7, 11) is 1.03. The first-order valence-corrected chi connectivity index (χ1v) is 5.85. The van der Waals surface area contributed by atoms with E-state index in [1.807, 2.05) is 0 Å². The van der Waals surface area contributed by atoms with E-state index in [-0.39, 0.29) is 0 Å². The fourth-order valence-electron chi connectivity index (χ4n) is 2.10. The largest absolute Gasteiger partial charge is 0.467 e.